The lowest BCUT2D eigenvalue weighted by atomic mass is 10.2. The van der Waals surface area contributed by atoms with Gasteiger partial charge in [-0.3, -0.25) is 4.90 Å². The second-order valence-corrected chi connectivity index (χ2v) is 7.17. The van der Waals surface area contributed by atoms with Crippen LogP contribution in [-0.2, 0) is 4.74 Å². The van der Waals surface area contributed by atoms with Crippen LogP contribution < -0.4 is 5.32 Å². The zero-order chi connectivity index (χ0) is 11.9. The average molecular weight is 276 g/mol. The topological polar surface area (TPSA) is 24.5 Å². The third kappa shape index (κ3) is 4.99. The first-order valence-corrected chi connectivity index (χ1v) is 8.83. The Balaban J connectivity index is 1.57. The third-order valence-corrected chi connectivity index (χ3v) is 6.14. The van der Waals surface area contributed by atoms with Crippen LogP contribution in [0, 0.1) is 0 Å². The number of hydrogen-bond acceptors (Lipinski definition) is 5. The van der Waals surface area contributed by atoms with Crippen LogP contribution in [0.15, 0.2) is 0 Å². The lowest BCUT2D eigenvalue weighted by Gasteiger charge is -2.32. The van der Waals surface area contributed by atoms with Gasteiger partial charge in [0.15, 0.2) is 0 Å². The molecular formula is C12H24N2OS2. The van der Waals surface area contributed by atoms with E-state index in [2.05, 4.69) is 40.7 Å². The molecule has 0 amide bonds. The largest absolute Gasteiger partial charge is 0.374 e. The van der Waals surface area contributed by atoms with Crippen LogP contribution in [0.1, 0.15) is 6.92 Å². The van der Waals surface area contributed by atoms with Crippen molar-refractivity contribution in [2.45, 2.75) is 18.3 Å². The number of thioether (sulfide) groups is 2. The number of morpholine rings is 1. The number of ether oxygens (including phenoxy) is 1. The molecule has 0 radical (unpaired) electrons. The van der Waals surface area contributed by atoms with E-state index in [1.54, 1.807) is 0 Å². The first kappa shape index (κ1) is 14.0. The monoisotopic (exact) mass is 276 g/mol. The van der Waals surface area contributed by atoms with Crippen LogP contribution in [0.4, 0.5) is 0 Å². The number of hydrogen-bond donors (Lipinski definition) is 1. The van der Waals surface area contributed by atoms with Crippen molar-refractivity contribution in [1.82, 2.24) is 10.2 Å². The van der Waals surface area contributed by atoms with Crippen LogP contribution in [0.5, 0.6) is 0 Å². The van der Waals surface area contributed by atoms with E-state index in [4.69, 9.17) is 4.74 Å². The van der Waals surface area contributed by atoms with Gasteiger partial charge in [0.05, 0.1) is 12.7 Å². The molecule has 1 N–H and O–H groups in total. The molecule has 3 nitrogen and oxygen atoms in total. The highest BCUT2D eigenvalue weighted by Gasteiger charge is 2.20. The Bertz CT molecular complexity index is 213. The molecule has 2 saturated heterocycles. The fourth-order valence-corrected chi connectivity index (χ4v) is 4.90. The summed E-state index contributed by atoms with van der Waals surface area (Å²) >= 11 is 4.21. The summed E-state index contributed by atoms with van der Waals surface area (Å²) in [6, 6.07) is 0. The van der Waals surface area contributed by atoms with Gasteiger partial charge in [0, 0.05) is 48.7 Å². The maximum atomic E-state index is 5.78. The molecule has 100 valence electrons. The first-order chi connectivity index (χ1) is 8.38. The second-order valence-electron chi connectivity index (χ2n) is 4.61. The van der Waals surface area contributed by atoms with E-state index >= 15 is 0 Å². The fraction of sp³-hybridized carbons (Fsp3) is 1.00. The van der Waals surface area contributed by atoms with Crippen molar-refractivity contribution in [2.24, 2.45) is 0 Å². The van der Waals surface area contributed by atoms with Gasteiger partial charge in [-0.15, -0.1) is 0 Å². The number of nitrogens with one attached hydrogen (secondary N) is 1. The van der Waals surface area contributed by atoms with Gasteiger partial charge in [0.2, 0.25) is 0 Å². The predicted octanol–water partition coefficient (Wildman–Crippen LogP) is 1.15. The van der Waals surface area contributed by atoms with Crippen LogP contribution >= 0.6 is 23.5 Å². The minimum atomic E-state index is 0.393. The second kappa shape index (κ2) is 7.89. The summed E-state index contributed by atoms with van der Waals surface area (Å²) in [6.45, 7) is 8.62. The van der Waals surface area contributed by atoms with Gasteiger partial charge in [0.1, 0.15) is 0 Å². The van der Waals surface area contributed by atoms with Gasteiger partial charge in [0.25, 0.3) is 0 Å². The van der Waals surface area contributed by atoms with E-state index in [0.717, 1.165) is 44.6 Å². The molecule has 2 atom stereocenters. The van der Waals surface area contributed by atoms with Gasteiger partial charge in [-0.1, -0.05) is 6.92 Å². The highest BCUT2D eigenvalue weighted by atomic mass is 32.2. The van der Waals surface area contributed by atoms with Crippen LogP contribution in [0.2, 0.25) is 0 Å². The normalized spacial score (nSPS) is 31.6. The summed E-state index contributed by atoms with van der Waals surface area (Å²) < 4.78 is 5.78. The van der Waals surface area contributed by atoms with E-state index in [9.17, 15) is 0 Å². The van der Waals surface area contributed by atoms with E-state index in [0.29, 0.717) is 6.10 Å². The van der Waals surface area contributed by atoms with Gasteiger partial charge in [-0.05, 0) is 6.54 Å². The Morgan fingerprint density at radius 1 is 1.35 bits per heavy atom. The van der Waals surface area contributed by atoms with Gasteiger partial charge >= 0.3 is 0 Å². The molecule has 0 bridgehead atoms. The summed E-state index contributed by atoms with van der Waals surface area (Å²) in [5.74, 6) is 3.96. The molecule has 0 aromatic carbocycles. The molecule has 0 saturated carbocycles. The van der Waals surface area contributed by atoms with E-state index in [1.807, 2.05) is 0 Å². The van der Waals surface area contributed by atoms with Gasteiger partial charge < -0.3 is 10.1 Å². The molecule has 0 aliphatic carbocycles. The lowest BCUT2D eigenvalue weighted by Crippen LogP contribution is -2.47. The van der Waals surface area contributed by atoms with Crippen molar-refractivity contribution in [3.05, 3.63) is 0 Å². The summed E-state index contributed by atoms with van der Waals surface area (Å²) in [7, 11) is 0. The van der Waals surface area contributed by atoms with Crippen molar-refractivity contribution >= 4 is 23.5 Å². The van der Waals surface area contributed by atoms with E-state index < -0.39 is 0 Å². The molecule has 2 unspecified atom stereocenters. The van der Waals surface area contributed by atoms with Crippen molar-refractivity contribution in [3.63, 3.8) is 0 Å². The van der Waals surface area contributed by atoms with E-state index in [-0.39, 0.29) is 0 Å². The molecule has 17 heavy (non-hydrogen) atoms. The maximum Gasteiger partial charge on any atom is 0.0826 e. The van der Waals surface area contributed by atoms with Crippen molar-refractivity contribution in [2.75, 3.05) is 56.6 Å². The Hall–Kier alpha value is 0.580. The zero-order valence-electron chi connectivity index (χ0n) is 10.7. The summed E-state index contributed by atoms with van der Waals surface area (Å²) in [5, 5.41) is 4.39. The Morgan fingerprint density at radius 3 is 3.06 bits per heavy atom. The smallest absolute Gasteiger partial charge is 0.0826 e. The molecule has 2 aliphatic heterocycles. The van der Waals surface area contributed by atoms with Gasteiger partial charge in [-0.2, -0.15) is 23.5 Å². The molecule has 2 aliphatic rings. The molecule has 0 aromatic rings. The number of rotatable bonds is 5. The summed E-state index contributed by atoms with van der Waals surface area (Å²) in [6.07, 6.45) is 0.393. The lowest BCUT2D eigenvalue weighted by molar-refractivity contribution is -0.0250. The Labute approximate surface area is 113 Å². The van der Waals surface area contributed by atoms with Crippen LogP contribution in [-0.4, -0.2) is 72.8 Å². The maximum absolute atomic E-state index is 5.78. The first-order valence-electron chi connectivity index (χ1n) is 6.62. The highest BCUT2D eigenvalue weighted by molar-refractivity contribution is 8.06. The Kier molecular flexibility index (Phi) is 6.50. The molecule has 2 fully saturated rings. The highest BCUT2D eigenvalue weighted by Crippen LogP contribution is 2.23. The number of likely N-dealkylation sites (N-methyl/N-ethyl adjacent to an activating group) is 1. The predicted molar refractivity (Wildman–Crippen MR) is 78.3 cm³/mol. The van der Waals surface area contributed by atoms with Crippen molar-refractivity contribution in [1.29, 1.82) is 0 Å². The van der Waals surface area contributed by atoms with E-state index in [1.165, 1.54) is 17.3 Å². The third-order valence-electron chi connectivity index (χ3n) is 3.30. The Morgan fingerprint density at radius 2 is 2.29 bits per heavy atom. The molecule has 0 spiro atoms. The summed E-state index contributed by atoms with van der Waals surface area (Å²) in [5.41, 5.74) is 0. The van der Waals surface area contributed by atoms with Gasteiger partial charge in [-0.25, -0.2) is 0 Å². The zero-order valence-corrected chi connectivity index (χ0v) is 12.3. The molecule has 0 aromatic heterocycles. The van der Waals surface area contributed by atoms with Crippen LogP contribution in [0.3, 0.4) is 0 Å². The molecule has 5 heteroatoms. The fourth-order valence-electron chi connectivity index (χ4n) is 2.25. The quantitative estimate of drug-likeness (QED) is 0.812. The summed E-state index contributed by atoms with van der Waals surface area (Å²) in [4.78, 5) is 2.47. The standard InChI is InChI=1S/C12H24N2OS2/c1-2-14-3-4-15-11(9-14)7-13-8-12-10-16-5-6-17-12/h11-13H,2-10H2,1H3. The molecular weight excluding hydrogens is 252 g/mol. The van der Waals surface area contributed by atoms with Crippen molar-refractivity contribution < 1.29 is 4.74 Å². The van der Waals surface area contributed by atoms with Crippen molar-refractivity contribution in [3.8, 4) is 0 Å². The van der Waals surface area contributed by atoms with Crippen LogP contribution in [0.25, 0.3) is 0 Å². The SMILES string of the molecule is CCN1CCOC(CNCC2CSCCS2)C1. The molecule has 2 heterocycles. The minimum Gasteiger partial charge on any atom is -0.374 e. The average Bonchev–Trinajstić information content (AvgIpc) is 2.40. The molecule has 2 rings (SSSR count). The minimum absolute atomic E-state index is 0.393. The number of nitrogens with zero attached hydrogens (tertiary/aromatic N) is 1.